The minimum atomic E-state index is -0.757. The fraction of sp³-hybridized carbons (Fsp3) is 0.500. The van der Waals surface area contributed by atoms with E-state index in [1.54, 1.807) is 6.07 Å². The number of carbonyl (C=O) groups excluding carboxylic acids is 1. The number of nitrogens with zero attached hydrogens (tertiary/aromatic N) is 1. The van der Waals surface area contributed by atoms with Gasteiger partial charge >= 0.3 is 5.97 Å². The van der Waals surface area contributed by atoms with Gasteiger partial charge in [0, 0.05) is 19.0 Å². The zero-order valence-corrected chi connectivity index (χ0v) is 13.5. The van der Waals surface area contributed by atoms with Gasteiger partial charge in [-0.05, 0) is 42.9 Å². The number of hydrogen-bond acceptors (Lipinski definition) is 2. The first-order valence-electron chi connectivity index (χ1n) is 7.44. The van der Waals surface area contributed by atoms with Gasteiger partial charge in [0.2, 0.25) is 5.91 Å². The molecule has 0 aromatic heterocycles. The van der Waals surface area contributed by atoms with Crippen molar-refractivity contribution < 1.29 is 14.7 Å². The van der Waals surface area contributed by atoms with Crippen molar-refractivity contribution in [3.8, 4) is 0 Å². The number of benzene rings is 1. The van der Waals surface area contributed by atoms with Crippen LogP contribution in [0.15, 0.2) is 18.2 Å². The molecule has 1 amide bonds. The molecular weight excluding hydrogens is 325 g/mol. The van der Waals surface area contributed by atoms with Crippen LogP contribution in [0.2, 0.25) is 10.0 Å². The number of rotatable bonds is 3. The fourth-order valence-corrected chi connectivity index (χ4v) is 3.47. The number of carboxylic acids is 1. The maximum atomic E-state index is 12.5. The standard InChI is InChI=1S/C16H17Cl2NO3/c17-13-2-1-10(7-14(13)18)11-8-12(11)15(20)19-5-3-9(4-6-19)16(21)22/h1-2,7,9,11-12H,3-6,8H2,(H,21,22)/t11-,12+/m0/s1. The van der Waals surface area contributed by atoms with Crippen molar-refractivity contribution >= 4 is 35.1 Å². The largest absolute Gasteiger partial charge is 0.481 e. The lowest BCUT2D eigenvalue weighted by Gasteiger charge is -2.30. The molecule has 6 heteroatoms. The minimum Gasteiger partial charge on any atom is -0.481 e. The summed E-state index contributed by atoms with van der Waals surface area (Å²) in [6.45, 7) is 1.08. The third-order valence-corrected chi connectivity index (χ3v) is 5.37. The van der Waals surface area contributed by atoms with Crippen molar-refractivity contribution in [3.63, 3.8) is 0 Å². The third kappa shape index (κ3) is 3.08. The monoisotopic (exact) mass is 341 g/mol. The Kier molecular flexibility index (Phi) is 4.33. The zero-order valence-electron chi connectivity index (χ0n) is 12.0. The smallest absolute Gasteiger partial charge is 0.306 e. The molecular formula is C16H17Cl2NO3. The van der Waals surface area contributed by atoms with E-state index in [1.807, 2.05) is 17.0 Å². The lowest BCUT2D eigenvalue weighted by molar-refractivity contribution is -0.146. The van der Waals surface area contributed by atoms with Crippen molar-refractivity contribution in [2.45, 2.75) is 25.2 Å². The van der Waals surface area contributed by atoms with Crippen molar-refractivity contribution in [1.82, 2.24) is 4.90 Å². The maximum Gasteiger partial charge on any atom is 0.306 e. The number of amides is 1. The van der Waals surface area contributed by atoms with Crippen LogP contribution in [0.1, 0.15) is 30.7 Å². The molecule has 0 spiro atoms. The van der Waals surface area contributed by atoms with E-state index in [4.69, 9.17) is 28.3 Å². The highest BCUT2D eigenvalue weighted by Crippen LogP contribution is 2.49. The number of halogens is 2. The summed E-state index contributed by atoms with van der Waals surface area (Å²) in [5, 5.41) is 10.0. The third-order valence-electron chi connectivity index (χ3n) is 4.64. The van der Waals surface area contributed by atoms with Crippen molar-refractivity contribution in [3.05, 3.63) is 33.8 Å². The topological polar surface area (TPSA) is 57.6 Å². The molecule has 0 unspecified atom stereocenters. The van der Waals surface area contributed by atoms with Crippen LogP contribution >= 0.6 is 23.2 Å². The molecule has 2 aliphatic rings. The fourth-order valence-electron chi connectivity index (χ4n) is 3.16. The van der Waals surface area contributed by atoms with E-state index in [-0.39, 0.29) is 23.7 Å². The van der Waals surface area contributed by atoms with Crippen LogP contribution in [0.5, 0.6) is 0 Å². The Morgan fingerprint density at radius 1 is 1.14 bits per heavy atom. The average molecular weight is 342 g/mol. The molecule has 1 saturated carbocycles. The molecule has 0 radical (unpaired) electrons. The number of hydrogen-bond donors (Lipinski definition) is 1. The summed E-state index contributed by atoms with van der Waals surface area (Å²) in [6.07, 6.45) is 1.92. The molecule has 4 nitrogen and oxygen atoms in total. The average Bonchev–Trinajstić information content (AvgIpc) is 3.30. The summed E-state index contributed by atoms with van der Waals surface area (Å²) in [6, 6.07) is 5.51. The molecule has 118 valence electrons. The first-order chi connectivity index (χ1) is 10.5. The number of piperidine rings is 1. The molecule has 1 N–H and O–H groups in total. The van der Waals surface area contributed by atoms with Crippen molar-refractivity contribution in [2.24, 2.45) is 11.8 Å². The van der Waals surface area contributed by atoms with Gasteiger partial charge in [0.1, 0.15) is 0 Å². The molecule has 1 saturated heterocycles. The van der Waals surface area contributed by atoms with Crippen molar-refractivity contribution in [1.29, 1.82) is 0 Å². The summed E-state index contributed by atoms with van der Waals surface area (Å²) in [7, 11) is 0. The molecule has 2 fully saturated rings. The van der Waals surface area contributed by atoms with Crippen LogP contribution in [0.25, 0.3) is 0 Å². The van der Waals surface area contributed by atoms with Gasteiger partial charge in [0.25, 0.3) is 0 Å². The van der Waals surface area contributed by atoms with Crippen LogP contribution in [0.3, 0.4) is 0 Å². The number of likely N-dealkylation sites (tertiary alicyclic amines) is 1. The van der Waals surface area contributed by atoms with Crippen LogP contribution in [-0.2, 0) is 9.59 Å². The summed E-state index contributed by atoms with van der Waals surface area (Å²) < 4.78 is 0. The van der Waals surface area contributed by atoms with E-state index in [0.29, 0.717) is 36.0 Å². The van der Waals surface area contributed by atoms with E-state index < -0.39 is 5.97 Å². The molecule has 2 atom stereocenters. The maximum absolute atomic E-state index is 12.5. The van der Waals surface area contributed by atoms with Gasteiger partial charge in [-0.15, -0.1) is 0 Å². The van der Waals surface area contributed by atoms with Gasteiger partial charge in [0.05, 0.1) is 16.0 Å². The lowest BCUT2D eigenvalue weighted by Crippen LogP contribution is -2.41. The molecule has 1 aliphatic carbocycles. The summed E-state index contributed by atoms with van der Waals surface area (Å²) in [5.41, 5.74) is 1.05. The highest BCUT2D eigenvalue weighted by Gasteiger charge is 2.46. The van der Waals surface area contributed by atoms with Gasteiger partial charge in [-0.25, -0.2) is 0 Å². The van der Waals surface area contributed by atoms with Crippen LogP contribution in [0.4, 0.5) is 0 Å². The van der Waals surface area contributed by atoms with Crippen LogP contribution < -0.4 is 0 Å². The van der Waals surface area contributed by atoms with E-state index in [0.717, 1.165) is 12.0 Å². The zero-order chi connectivity index (χ0) is 15.9. The van der Waals surface area contributed by atoms with E-state index in [2.05, 4.69) is 0 Å². The molecule has 1 heterocycles. The van der Waals surface area contributed by atoms with E-state index in [1.165, 1.54) is 0 Å². The van der Waals surface area contributed by atoms with E-state index in [9.17, 15) is 9.59 Å². The molecule has 22 heavy (non-hydrogen) atoms. The Morgan fingerprint density at radius 3 is 2.41 bits per heavy atom. The van der Waals surface area contributed by atoms with Crippen LogP contribution in [0, 0.1) is 11.8 Å². The second-order valence-electron chi connectivity index (χ2n) is 6.06. The summed E-state index contributed by atoms with van der Waals surface area (Å²) >= 11 is 11.9. The van der Waals surface area contributed by atoms with E-state index >= 15 is 0 Å². The van der Waals surface area contributed by atoms with Gasteiger partial charge in [-0.3, -0.25) is 9.59 Å². The number of carbonyl (C=O) groups is 2. The van der Waals surface area contributed by atoms with Crippen LogP contribution in [-0.4, -0.2) is 35.0 Å². The minimum absolute atomic E-state index is 0.00128. The van der Waals surface area contributed by atoms with Gasteiger partial charge in [-0.1, -0.05) is 29.3 Å². The Morgan fingerprint density at radius 2 is 1.82 bits per heavy atom. The molecule has 1 aromatic carbocycles. The lowest BCUT2D eigenvalue weighted by atomic mass is 9.96. The molecule has 0 bridgehead atoms. The highest BCUT2D eigenvalue weighted by atomic mass is 35.5. The number of aliphatic carboxylic acids is 1. The van der Waals surface area contributed by atoms with Gasteiger partial charge in [0.15, 0.2) is 0 Å². The van der Waals surface area contributed by atoms with Gasteiger partial charge < -0.3 is 10.0 Å². The van der Waals surface area contributed by atoms with Gasteiger partial charge in [-0.2, -0.15) is 0 Å². The molecule has 1 aromatic rings. The first kappa shape index (κ1) is 15.6. The second kappa shape index (κ2) is 6.09. The second-order valence-corrected chi connectivity index (χ2v) is 6.87. The normalized spacial score (nSPS) is 25.1. The summed E-state index contributed by atoms with van der Waals surface area (Å²) in [5.74, 6) is -0.723. The SMILES string of the molecule is O=C(O)C1CCN(C(=O)[C@@H]2C[C@H]2c2ccc(Cl)c(Cl)c2)CC1. The first-order valence-corrected chi connectivity index (χ1v) is 8.19. The predicted octanol–water partition coefficient (Wildman–Crippen LogP) is 3.42. The quantitative estimate of drug-likeness (QED) is 0.916. The summed E-state index contributed by atoms with van der Waals surface area (Å²) in [4.78, 5) is 25.2. The highest BCUT2D eigenvalue weighted by molar-refractivity contribution is 6.42. The Labute approximate surface area is 139 Å². The molecule has 1 aliphatic heterocycles. The predicted molar refractivity (Wildman–Crippen MR) is 84.2 cm³/mol. The molecule has 3 rings (SSSR count). The van der Waals surface area contributed by atoms with Crippen molar-refractivity contribution in [2.75, 3.05) is 13.1 Å². The Bertz CT molecular complexity index is 611. The number of carboxylic acid groups (broad SMARTS) is 1. The Balaban J connectivity index is 1.59. The Hall–Kier alpha value is -1.26.